The number of cyclic esters (lactones) is 1. The molecule has 5 nitrogen and oxygen atoms in total. The van der Waals surface area contributed by atoms with Gasteiger partial charge in [-0.2, -0.15) is 0 Å². The normalized spacial score (nSPS) is 20.2. The van der Waals surface area contributed by atoms with Gasteiger partial charge >= 0.3 is 6.09 Å². The van der Waals surface area contributed by atoms with Crippen molar-refractivity contribution in [1.82, 2.24) is 9.88 Å². The van der Waals surface area contributed by atoms with Crippen molar-refractivity contribution < 1.29 is 14.6 Å². The van der Waals surface area contributed by atoms with Crippen LogP contribution in [0.5, 0.6) is 0 Å². The molecule has 32 heavy (non-hydrogen) atoms. The highest BCUT2D eigenvalue weighted by molar-refractivity contribution is 7.15. The predicted molar refractivity (Wildman–Crippen MR) is 128 cm³/mol. The van der Waals surface area contributed by atoms with E-state index in [0.29, 0.717) is 19.4 Å². The number of carbonyl (C=O) groups is 1. The van der Waals surface area contributed by atoms with Crippen LogP contribution in [0.25, 0.3) is 10.4 Å². The first kappa shape index (κ1) is 22.5. The molecule has 3 aromatic rings. The van der Waals surface area contributed by atoms with Gasteiger partial charge in [-0.05, 0) is 44.4 Å². The number of aryl methyl sites for hydroxylation is 1. The highest BCUT2D eigenvalue weighted by Gasteiger charge is 2.46. The van der Waals surface area contributed by atoms with Crippen LogP contribution in [0.1, 0.15) is 55.8 Å². The molecule has 1 amide bonds. The van der Waals surface area contributed by atoms with E-state index in [1.54, 1.807) is 30.1 Å². The molecule has 2 aromatic carbocycles. The first-order chi connectivity index (χ1) is 15.2. The largest absolute Gasteiger partial charge is 0.438 e. The summed E-state index contributed by atoms with van der Waals surface area (Å²) in [6.07, 6.45) is 2.49. The third-order valence-electron chi connectivity index (χ3n) is 6.06. The number of hydrogen-bond donors (Lipinski definition) is 1. The fraction of sp³-hybridized carbons (Fsp3) is 0.385. The number of aliphatic hydroxyl groups is 1. The zero-order valence-electron chi connectivity index (χ0n) is 19.0. The number of carbonyl (C=O) groups excluding carboxylic acids is 1. The van der Waals surface area contributed by atoms with Crippen LogP contribution in [-0.4, -0.2) is 33.2 Å². The minimum Gasteiger partial charge on any atom is -0.438 e. The summed E-state index contributed by atoms with van der Waals surface area (Å²) in [6.45, 7) is 8.09. The van der Waals surface area contributed by atoms with E-state index in [0.717, 1.165) is 26.6 Å². The van der Waals surface area contributed by atoms with E-state index >= 15 is 0 Å². The number of benzene rings is 2. The van der Waals surface area contributed by atoms with Crippen molar-refractivity contribution in [1.29, 1.82) is 0 Å². The van der Waals surface area contributed by atoms with Crippen LogP contribution in [0.4, 0.5) is 4.79 Å². The number of hydrogen-bond acceptors (Lipinski definition) is 5. The quantitative estimate of drug-likeness (QED) is 0.494. The monoisotopic (exact) mass is 450 g/mol. The number of nitrogens with zero attached hydrogens (tertiary/aromatic N) is 2. The lowest BCUT2D eigenvalue weighted by Crippen LogP contribution is -2.51. The summed E-state index contributed by atoms with van der Waals surface area (Å²) < 4.78 is 6.16. The van der Waals surface area contributed by atoms with Gasteiger partial charge in [0.05, 0.1) is 21.5 Å². The summed E-state index contributed by atoms with van der Waals surface area (Å²) >= 11 is 1.65. The van der Waals surface area contributed by atoms with E-state index in [1.165, 1.54) is 0 Å². The minimum absolute atomic E-state index is 0.156. The molecule has 4 rings (SSSR count). The summed E-state index contributed by atoms with van der Waals surface area (Å²) in [6, 6.07) is 17.8. The zero-order chi connectivity index (χ0) is 22.9. The fourth-order valence-electron chi connectivity index (χ4n) is 4.63. The molecule has 168 valence electrons. The molecule has 0 bridgehead atoms. The van der Waals surface area contributed by atoms with Crippen LogP contribution in [-0.2, 0) is 10.3 Å². The second kappa shape index (κ2) is 8.68. The van der Waals surface area contributed by atoms with Crippen LogP contribution in [0.3, 0.4) is 0 Å². The van der Waals surface area contributed by atoms with Crippen LogP contribution < -0.4 is 0 Å². The van der Waals surface area contributed by atoms with Crippen molar-refractivity contribution >= 4 is 17.4 Å². The molecule has 1 fully saturated rings. The molecule has 1 unspecified atom stereocenters. The van der Waals surface area contributed by atoms with E-state index in [4.69, 9.17) is 4.74 Å². The molecular formula is C26H30N2O3S. The van der Waals surface area contributed by atoms with Crippen molar-refractivity contribution in [2.24, 2.45) is 0 Å². The van der Waals surface area contributed by atoms with Gasteiger partial charge in [-0.1, -0.05) is 54.6 Å². The molecule has 0 spiro atoms. The first-order valence-corrected chi connectivity index (χ1v) is 11.8. The van der Waals surface area contributed by atoms with Crippen LogP contribution in [0.2, 0.25) is 0 Å². The SMILES string of the molecule is Cc1ncc(-c2ccccc2[C@H](C)N2CCC(CC(C)(C)O)(c3ccccc3)OC2=O)s1. The molecule has 6 heteroatoms. The van der Waals surface area contributed by atoms with Gasteiger partial charge in [0, 0.05) is 25.6 Å². The first-order valence-electron chi connectivity index (χ1n) is 11.0. The summed E-state index contributed by atoms with van der Waals surface area (Å²) in [7, 11) is 0. The third-order valence-corrected chi connectivity index (χ3v) is 7.00. The summed E-state index contributed by atoms with van der Waals surface area (Å²) in [4.78, 5) is 20.6. The Bertz CT molecular complexity index is 1090. The molecule has 1 aromatic heterocycles. The van der Waals surface area contributed by atoms with E-state index in [-0.39, 0.29) is 12.1 Å². The number of ether oxygens (including phenoxy) is 1. The Hall–Kier alpha value is -2.70. The van der Waals surface area contributed by atoms with Gasteiger partial charge in [0.1, 0.15) is 5.60 Å². The Morgan fingerprint density at radius 2 is 1.88 bits per heavy atom. The molecule has 1 N–H and O–H groups in total. The van der Waals surface area contributed by atoms with E-state index in [9.17, 15) is 9.90 Å². The number of aromatic nitrogens is 1. The maximum atomic E-state index is 13.3. The van der Waals surface area contributed by atoms with Gasteiger partial charge < -0.3 is 14.7 Å². The molecule has 1 saturated heterocycles. The van der Waals surface area contributed by atoms with Crippen molar-refractivity contribution in [2.45, 2.75) is 57.8 Å². The molecule has 2 atom stereocenters. The Morgan fingerprint density at radius 3 is 2.50 bits per heavy atom. The topological polar surface area (TPSA) is 62.7 Å². The molecule has 0 aliphatic carbocycles. The molecule has 1 aliphatic rings. The molecule has 2 heterocycles. The number of rotatable bonds is 6. The van der Waals surface area contributed by atoms with E-state index in [1.807, 2.05) is 62.5 Å². The number of thiazole rings is 1. The summed E-state index contributed by atoms with van der Waals surface area (Å²) in [5, 5.41) is 11.6. The second-order valence-electron chi connectivity index (χ2n) is 9.17. The fourth-order valence-corrected chi connectivity index (χ4v) is 5.46. The number of amides is 1. The van der Waals surface area contributed by atoms with Crippen molar-refractivity contribution in [2.75, 3.05) is 6.54 Å². The van der Waals surface area contributed by atoms with Crippen molar-refractivity contribution in [3.63, 3.8) is 0 Å². The van der Waals surface area contributed by atoms with Gasteiger partial charge in [0.15, 0.2) is 0 Å². The maximum absolute atomic E-state index is 13.3. The van der Waals surface area contributed by atoms with Crippen molar-refractivity contribution in [3.05, 3.63) is 76.9 Å². The van der Waals surface area contributed by atoms with Gasteiger partial charge in [-0.15, -0.1) is 11.3 Å². The molecule has 0 saturated carbocycles. The van der Waals surface area contributed by atoms with Crippen LogP contribution in [0.15, 0.2) is 60.8 Å². The third kappa shape index (κ3) is 4.57. The van der Waals surface area contributed by atoms with Crippen molar-refractivity contribution in [3.8, 4) is 10.4 Å². The van der Waals surface area contributed by atoms with Crippen LogP contribution in [0, 0.1) is 6.92 Å². The lowest BCUT2D eigenvalue weighted by molar-refractivity contribution is -0.101. The highest BCUT2D eigenvalue weighted by atomic mass is 32.1. The van der Waals surface area contributed by atoms with Gasteiger partial charge in [0.25, 0.3) is 0 Å². The summed E-state index contributed by atoms with van der Waals surface area (Å²) in [5.74, 6) is 0. The summed E-state index contributed by atoms with van der Waals surface area (Å²) in [5.41, 5.74) is 1.27. The second-order valence-corrected chi connectivity index (χ2v) is 10.4. The average molecular weight is 451 g/mol. The van der Waals surface area contributed by atoms with Gasteiger partial charge in [0.2, 0.25) is 0 Å². The lowest BCUT2D eigenvalue weighted by Gasteiger charge is -2.45. The van der Waals surface area contributed by atoms with Gasteiger partial charge in [-0.25, -0.2) is 9.78 Å². The maximum Gasteiger partial charge on any atom is 0.411 e. The minimum atomic E-state index is -0.972. The average Bonchev–Trinajstić information content (AvgIpc) is 3.19. The molecule has 1 aliphatic heterocycles. The lowest BCUT2D eigenvalue weighted by atomic mass is 9.80. The Balaban J connectivity index is 1.63. The van der Waals surface area contributed by atoms with E-state index < -0.39 is 11.2 Å². The van der Waals surface area contributed by atoms with Crippen LogP contribution >= 0.6 is 11.3 Å². The highest BCUT2D eigenvalue weighted by Crippen LogP contribution is 2.43. The molecular weight excluding hydrogens is 420 g/mol. The smallest absolute Gasteiger partial charge is 0.411 e. The Labute approximate surface area is 193 Å². The predicted octanol–water partition coefficient (Wildman–Crippen LogP) is 6.08. The standard InChI is InChI=1S/C26H30N2O3S/c1-18(21-12-8-9-13-22(21)23-16-27-19(2)32-23)28-15-14-26(31-24(28)29,17-25(3,4)30)20-10-6-5-7-11-20/h5-13,16,18,30H,14-15,17H2,1-4H3/t18-,26?/m0/s1. The molecule has 0 radical (unpaired) electrons. The zero-order valence-corrected chi connectivity index (χ0v) is 19.9. The van der Waals surface area contributed by atoms with Gasteiger partial charge in [-0.3, -0.25) is 0 Å². The Kier molecular flexibility index (Phi) is 6.10. The van der Waals surface area contributed by atoms with E-state index in [2.05, 4.69) is 17.1 Å². The Morgan fingerprint density at radius 1 is 1.19 bits per heavy atom.